The second-order valence-corrected chi connectivity index (χ2v) is 7.53. The van der Waals surface area contributed by atoms with Crippen LogP contribution in [0.15, 0.2) is 54.6 Å². The van der Waals surface area contributed by atoms with E-state index < -0.39 is 6.04 Å². The summed E-state index contributed by atoms with van der Waals surface area (Å²) in [5.41, 5.74) is 2.17. The number of carbonyl (C=O) groups is 2. The molecule has 0 saturated carbocycles. The molecule has 162 valence electrons. The average Bonchev–Trinajstić information content (AvgIpc) is 2.76. The van der Waals surface area contributed by atoms with Crippen molar-refractivity contribution in [2.24, 2.45) is 0 Å². The fourth-order valence-corrected chi connectivity index (χ4v) is 3.16. The van der Waals surface area contributed by atoms with Crippen molar-refractivity contribution in [1.29, 1.82) is 0 Å². The molecule has 2 rings (SSSR count). The van der Waals surface area contributed by atoms with Gasteiger partial charge in [0.2, 0.25) is 11.8 Å². The Morgan fingerprint density at radius 1 is 1.03 bits per heavy atom. The first-order valence-electron chi connectivity index (χ1n) is 10.8. The topological polar surface area (TPSA) is 58.6 Å². The van der Waals surface area contributed by atoms with Crippen LogP contribution in [0.5, 0.6) is 5.75 Å². The van der Waals surface area contributed by atoms with E-state index in [0.717, 1.165) is 29.7 Å². The van der Waals surface area contributed by atoms with Crippen LogP contribution < -0.4 is 10.1 Å². The molecule has 0 aromatic heterocycles. The van der Waals surface area contributed by atoms with Crippen molar-refractivity contribution in [2.45, 2.75) is 59.0 Å². The summed E-state index contributed by atoms with van der Waals surface area (Å²) < 4.78 is 5.70. The average molecular weight is 411 g/mol. The number of amides is 2. The molecule has 1 atom stereocenters. The van der Waals surface area contributed by atoms with Gasteiger partial charge in [0, 0.05) is 19.5 Å². The van der Waals surface area contributed by atoms with E-state index in [1.807, 2.05) is 61.5 Å². The third-order valence-electron chi connectivity index (χ3n) is 5.15. The first-order chi connectivity index (χ1) is 14.5. The molecule has 0 aliphatic rings. The Hall–Kier alpha value is -2.82. The molecule has 0 saturated heterocycles. The molecule has 2 amide bonds. The zero-order valence-corrected chi connectivity index (χ0v) is 18.4. The highest BCUT2D eigenvalue weighted by atomic mass is 16.5. The maximum Gasteiger partial charge on any atom is 0.242 e. The van der Waals surface area contributed by atoms with E-state index in [4.69, 9.17) is 4.74 Å². The van der Waals surface area contributed by atoms with Gasteiger partial charge in [0.05, 0.1) is 6.61 Å². The maximum atomic E-state index is 13.0. The number of ether oxygens (including phenoxy) is 1. The molecule has 0 aliphatic carbocycles. The number of benzene rings is 2. The standard InChI is InChI=1S/C25H34N2O3/c1-4-5-17-26-25(29)21(3)27(19-22-13-10-9-12-20(22)2)24(28)16-11-18-30-23-14-7-6-8-15-23/h6-10,12-15,21H,4-5,11,16-19H2,1-3H3,(H,26,29). The van der Waals surface area contributed by atoms with Crippen LogP contribution in [0.3, 0.4) is 0 Å². The molecule has 5 heteroatoms. The van der Waals surface area contributed by atoms with Crippen molar-refractivity contribution in [3.8, 4) is 5.75 Å². The van der Waals surface area contributed by atoms with Crippen LogP contribution >= 0.6 is 0 Å². The van der Waals surface area contributed by atoms with Gasteiger partial charge in [0.25, 0.3) is 0 Å². The maximum absolute atomic E-state index is 13.0. The Kier molecular flexibility index (Phi) is 9.92. The van der Waals surface area contributed by atoms with E-state index in [9.17, 15) is 9.59 Å². The minimum absolute atomic E-state index is 0.0342. The van der Waals surface area contributed by atoms with Gasteiger partial charge in [-0.1, -0.05) is 55.8 Å². The minimum atomic E-state index is -0.524. The normalized spacial score (nSPS) is 11.6. The predicted octanol–water partition coefficient (Wildman–Crippen LogP) is 4.49. The monoisotopic (exact) mass is 410 g/mol. The summed E-state index contributed by atoms with van der Waals surface area (Å²) in [6.07, 6.45) is 2.89. The van der Waals surface area contributed by atoms with Crippen LogP contribution in [0.4, 0.5) is 0 Å². The zero-order chi connectivity index (χ0) is 21.8. The summed E-state index contributed by atoms with van der Waals surface area (Å²) in [6.45, 7) is 7.44. The summed E-state index contributed by atoms with van der Waals surface area (Å²) in [5, 5.41) is 2.95. The van der Waals surface area contributed by atoms with Gasteiger partial charge in [-0.15, -0.1) is 0 Å². The van der Waals surface area contributed by atoms with E-state index in [2.05, 4.69) is 12.2 Å². The lowest BCUT2D eigenvalue weighted by atomic mass is 10.1. The fourth-order valence-electron chi connectivity index (χ4n) is 3.16. The molecule has 5 nitrogen and oxygen atoms in total. The Labute approximate surface area is 180 Å². The minimum Gasteiger partial charge on any atom is -0.494 e. The third kappa shape index (κ3) is 7.54. The number of carbonyl (C=O) groups excluding carboxylic acids is 2. The summed E-state index contributed by atoms with van der Waals surface area (Å²) in [5.74, 6) is 0.657. The number of para-hydroxylation sites is 1. The first-order valence-corrected chi connectivity index (χ1v) is 10.8. The molecule has 30 heavy (non-hydrogen) atoms. The predicted molar refractivity (Wildman–Crippen MR) is 120 cm³/mol. The number of rotatable bonds is 12. The van der Waals surface area contributed by atoms with Gasteiger partial charge in [-0.3, -0.25) is 9.59 Å². The zero-order valence-electron chi connectivity index (χ0n) is 18.4. The Morgan fingerprint density at radius 2 is 1.73 bits per heavy atom. The number of hydrogen-bond donors (Lipinski definition) is 1. The number of nitrogens with one attached hydrogen (secondary N) is 1. The van der Waals surface area contributed by atoms with Crippen LogP contribution in [-0.2, 0) is 16.1 Å². The first kappa shape index (κ1) is 23.5. The van der Waals surface area contributed by atoms with Crippen molar-refractivity contribution < 1.29 is 14.3 Å². The fraction of sp³-hybridized carbons (Fsp3) is 0.440. The summed E-state index contributed by atoms with van der Waals surface area (Å²) >= 11 is 0. The summed E-state index contributed by atoms with van der Waals surface area (Å²) in [6, 6.07) is 17.0. The molecular formula is C25H34N2O3. The molecule has 0 heterocycles. The molecule has 0 fully saturated rings. The molecule has 0 bridgehead atoms. The van der Waals surface area contributed by atoms with Gasteiger partial charge in [-0.05, 0) is 49.9 Å². The van der Waals surface area contributed by atoms with Gasteiger partial charge < -0.3 is 15.0 Å². The number of aryl methyl sites for hydroxylation is 1. The molecule has 0 aliphatic heterocycles. The lowest BCUT2D eigenvalue weighted by Gasteiger charge is -2.29. The van der Waals surface area contributed by atoms with E-state index >= 15 is 0 Å². The third-order valence-corrected chi connectivity index (χ3v) is 5.15. The molecule has 1 N–H and O–H groups in total. The van der Waals surface area contributed by atoms with E-state index in [0.29, 0.717) is 32.5 Å². The van der Waals surface area contributed by atoms with Gasteiger partial charge in [-0.25, -0.2) is 0 Å². The highest BCUT2D eigenvalue weighted by Gasteiger charge is 2.26. The highest BCUT2D eigenvalue weighted by Crippen LogP contribution is 2.15. The van der Waals surface area contributed by atoms with Crippen molar-refractivity contribution in [1.82, 2.24) is 10.2 Å². The smallest absolute Gasteiger partial charge is 0.242 e. The van der Waals surface area contributed by atoms with Gasteiger partial charge >= 0.3 is 0 Å². The molecule has 0 spiro atoms. The van der Waals surface area contributed by atoms with E-state index in [1.165, 1.54) is 0 Å². The van der Waals surface area contributed by atoms with E-state index in [-0.39, 0.29) is 11.8 Å². The lowest BCUT2D eigenvalue weighted by molar-refractivity contribution is -0.140. The molecule has 1 unspecified atom stereocenters. The van der Waals surface area contributed by atoms with Crippen molar-refractivity contribution in [3.63, 3.8) is 0 Å². The van der Waals surface area contributed by atoms with E-state index in [1.54, 1.807) is 11.8 Å². The summed E-state index contributed by atoms with van der Waals surface area (Å²) in [7, 11) is 0. The number of nitrogens with zero attached hydrogens (tertiary/aromatic N) is 1. The van der Waals surface area contributed by atoms with Crippen LogP contribution in [0.2, 0.25) is 0 Å². The molecule has 2 aromatic carbocycles. The van der Waals surface area contributed by atoms with Crippen molar-refractivity contribution in [2.75, 3.05) is 13.2 Å². The van der Waals surface area contributed by atoms with Crippen LogP contribution in [0, 0.1) is 6.92 Å². The SMILES string of the molecule is CCCCNC(=O)C(C)N(Cc1ccccc1C)C(=O)CCCOc1ccccc1. The Morgan fingerprint density at radius 3 is 2.43 bits per heavy atom. The summed E-state index contributed by atoms with van der Waals surface area (Å²) in [4.78, 5) is 27.3. The molecule has 0 radical (unpaired) electrons. The van der Waals surface area contributed by atoms with Crippen LogP contribution in [0.1, 0.15) is 50.7 Å². The second kappa shape index (κ2) is 12.7. The van der Waals surface area contributed by atoms with Gasteiger partial charge in [0.1, 0.15) is 11.8 Å². The second-order valence-electron chi connectivity index (χ2n) is 7.53. The molecular weight excluding hydrogens is 376 g/mol. The van der Waals surface area contributed by atoms with Crippen molar-refractivity contribution >= 4 is 11.8 Å². The number of unbranched alkanes of at least 4 members (excludes halogenated alkanes) is 1. The lowest BCUT2D eigenvalue weighted by Crippen LogP contribution is -2.47. The molecule has 2 aromatic rings. The Balaban J connectivity index is 1.98. The highest BCUT2D eigenvalue weighted by molar-refractivity contribution is 5.87. The van der Waals surface area contributed by atoms with Crippen LogP contribution in [0.25, 0.3) is 0 Å². The van der Waals surface area contributed by atoms with Crippen molar-refractivity contribution in [3.05, 3.63) is 65.7 Å². The quantitative estimate of drug-likeness (QED) is 0.525. The van der Waals surface area contributed by atoms with Gasteiger partial charge in [0.15, 0.2) is 0 Å². The van der Waals surface area contributed by atoms with Gasteiger partial charge in [-0.2, -0.15) is 0 Å². The largest absolute Gasteiger partial charge is 0.494 e. The van der Waals surface area contributed by atoms with Crippen LogP contribution in [-0.4, -0.2) is 35.9 Å². The number of hydrogen-bond acceptors (Lipinski definition) is 3. The Bertz CT molecular complexity index is 792.